The smallest absolute Gasteiger partial charge is 0.219 e. The molecule has 0 aromatic heterocycles. The van der Waals surface area contributed by atoms with Gasteiger partial charge in [0.2, 0.25) is 5.91 Å². The molecule has 3 saturated heterocycles. The third-order valence-corrected chi connectivity index (χ3v) is 7.04. The van der Waals surface area contributed by atoms with E-state index in [0.717, 1.165) is 25.2 Å². The van der Waals surface area contributed by atoms with Crippen molar-refractivity contribution in [3.8, 4) is 0 Å². The molecule has 24 heavy (non-hydrogen) atoms. The van der Waals surface area contributed by atoms with E-state index in [-0.39, 0.29) is 17.8 Å². The van der Waals surface area contributed by atoms with Crippen LogP contribution in [0.2, 0.25) is 0 Å². The summed E-state index contributed by atoms with van der Waals surface area (Å²) in [6, 6.07) is 7.58. The average molecular weight is 348 g/mol. The molecule has 3 fully saturated rings. The molecule has 5 heteroatoms. The second-order valence-corrected chi connectivity index (χ2v) is 8.62. The van der Waals surface area contributed by atoms with Crippen molar-refractivity contribution in [1.29, 1.82) is 0 Å². The van der Waals surface area contributed by atoms with Crippen molar-refractivity contribution in [2.75, 3.05) is 31.1 Å². The molecule has 130 valence electrons. The van der Waals surface area contributed by atoms with Crippen molar-refractivity contribution in [2.45, 2.75) is 31.8 Å². The minimum atomic E-state index is -0.210. The van der Waals surface area contributed by atoms with E-state index < -0.39 is 0 Å². The van der Waals surface area contributed by atoms with Crippen LogP contribution in [0.25, 0.3) is 0 Å². The standard InChI is InChI=1S/C19H25FN2OS/c1-13(23)22-11-15-10-21(17-5-7-24-8-6-17)12-18(15)19(22)14-3-2-4-16(20)9-14/h2-4,9,15,17-19H,5-8,10-12H2,1H3/t15-,18-,19-/m1/s1. The molecule has 0 N–H and O–H groups in total. The van der Waals surface area contributed by atoms with Gasteiger partial charge in [-0.3, -0.25) is 9.69 Å². The molecule has 3 heterocycles. The summed E-state index contributed by atoms with van der Waals surface area (Å²) >= 11 is 2.06. The second-order valence-electron chi connectivity index (χ2n) is 7.39. The van der Waals surface area contributed by atoms with Crippen LogP contribution in [-0.2, 0) is 4.79 Å². The van der Waals surface area contributed by atoms with Gasteiger partial charge in [0.25, 0.3) is 0 Å². The Balaban J connectivity index is 1.57. The Morgan fingerprint density at radius 3 is 2.71 bits per heavy atom. The molecule has 0 saturated carbocycles. The van der Waals surface area contributed by atoms with Gasteiger partial charge in [0.15, 0.2) is 0 Å². The molecule has 0 aliphatic carbocycles. The summed E-state index contributed by atoms with van der Waals surface area (Å²) in [5.74, 6) is 3.40. The number of benzene rings is 1. The number of likely N-dealkylation sites (tertiary alicyclic amines) is 2. The largest absolute Gasteiger partial charge is 0.335 e. The number of amides is 1. The molecular weight excluding hydrogens is 323 g/mol. The Bertz CT molecular complexity index is 619. The highest BCUT2D eigenvalue weighted by Gasteiger charge is 2.49. The number of rotatable bonds is 2. The van der Waals surface area contributed by atoms with Crippen LogP contribution in [0.4, 0.5) is 4.39 Å². The minimum Gasteiger partial charge on any atom is -0.335 e. The molecule has 0 bridgehead atoms. The lowest BCUT2D eigenvalue weighted by Crippen LogP contribution is -2.40. The monoisotopic (exact) mass is 348 g/mol. The van der Waals surface area contributed by atoms with Crippen molar-refractivity contribution >= 4 is 17.7 Å². The lowest BCUT2D eigenvalue weighted by Gasteiger charge is -2.34. The van der Waals surface area contributed by atoms with E-state index in [9.17, 15) is 9.18 Å². The van der Waals surface area contributed by atoms with Gasteiger partial charge in [0.05, 0.1) is 6.04 Å². The highest BCUT2D eigenvalue weighted by Crippen LogP contribution is 2.46. The van der Waals surface area contributed by atoms with Crippen molar-refractivity contribution in [3.05, 3.63) is 35.6 Å². The molecule has 1 aromatic rings. The van der Waals surface area contributed by atoms with E-state index in [0.29, 0.717) is 17.9 Å². The highest BCUT2D eigenvalue weighted by atomic mass is 32.2. The van der Waals surface area contributed by atoms with Gasteiger partial charge in [0, 0.05) is 38.5 Å². The molecule has 0 unspecified atom stereocenters. The summed E-state index contributed by atoms with van der Waals surface area (Å²) in [4.78, 5) is 16.8. The molecule has 3 atom stereocenters. The molecule has 1 amide bonds. The summed E-state index contributed by atoms with van der Waals surface area (Å²) in [7, 11) is 0. The first kappa shape index (κ1) is 16.4. The van der Waals surface area contributed by atoms with Crippen LogP contribution in [0.3, 0.4) is 0 Å². The fourth-order valence-electron chi connectivity index (χ4n) is 4.87. The number of thioether (sulfide) groups is 1. The van der Waals surface area contributed by atoms with E-state index in [1.54, 1.807) is 19.1 Å². The maximum atomic E-state index is 13.7. The Labute approximate surface area is 147 Å². The van der Waals surface area contributed by atoms with Gasteiger partial charge >= 0.3 is 0 Å². The first-order valence-corrected chi connectivity index (χ1v) is 10.1. The quantitative estimate of drug-likeness (QED) is 0.820. The minimum absolute atomic E-state index is 0.0335. The lowest BCUT2D eigenvalue weighted by atomic mass is 9.89. The summed E-state index contributed by atoms with van der Waals surface area (Å²) in [6.07, 6.45) is 2.57. The molecule has 3 aliphatic heterocycles. The maximum Gasteiger partial charge on any atom is 0.219 e. The zero-order chi connectivity index (χ0) is 16.7. The molecule has 0 radical (unpaired) electrons. The predicted octanol–water partition coefficient (Wildman–Crippen LogP) is 3.17. The summed E-state index contributed by atoms with van der Waals surface area (Å²) < 4.78 is 13.7. The number of hydrogen-bond donors (Lipinski definition) is 0. The topological polar surface area (TPSA) is 23.6 Å². The van der Waals surface area contributed by atoms with Crippen LogP contribution >= 0.6 is 11.8 Å². The molecule has 1 aromatic carbocycles. The van der Waals surface area contributed by atoms with Crippen molar-refractivity contribution < 1.29 is 9.18 Å². The van der Waals surface area contributed by atoms with Crippen LogP contribution in [-0.4, -0.2) is 52.9 Å². The van der Waals surface area contributed by atoms with Crippen molar-refractivity contribution in [1.82, 2.24) is 9.80 Å². The first-order valence-electron chi connectivity index (χ1n) is 8.98. The third-order valence-electron chi connectivity index (χ3n) is 5.99. The number of carbonyl (C=O) groups excluding carboxylic acids is 1. The zero-order valence-corrected chi connectivity index (χ0v) is 15.0. The number of nitrogens with zero attached hydrogens (tertiary/aromatic N) is 2. The number of fused-ring (bicyclic) bond motifs is 1. The maximum absolute atomic E-state index is 13.7. The number of carbonyl (C=O) groups is 1. The van der Waals surface area contributed by atoms with Gasteiger partial charge in [-0.05, 0) is 48.0 Å². The van der Waals surface area contributed by atoms with Crippen LogP contribution in [0.1, 0.15) is 31.4 Å². The Kier molecular flexibility index (Phi) is 4.56. The van der Waals surface area contributed by atoms with Crippen molar-refractivity contribution in [3.63, 3.8) is 0 Å². The van der Waals surface area contributed by atoms with E-state index in [2.05, 4.69) is 16.7 Å². The summed E-state index contributed by atoms with van der Waals surface area (Å²) in [5.41, 5.74) is 0.957. The van der Waals surface area contributed by atoms with Gasteiger partial charge in [-0.2, -0.15) is 11.8 Å². The van der Waals surface area contributed by atoms with Gasteiger partial charge in [-0.1, -0.05) is 12.1 Å². The van der Waals surface area contributed by atoms with E-state index in [1.807, 2.05) is 11.0 Å². The molecule has 4 rings (SSSR count). The van der Waals surface area contributed by atoms with Crippen LogP contribution in [0.15, 0.2) is 24.3 Å². The van der Waals surface area contributed by atoms with Crippen LogP contribution in [0.5, 0.6) is 0 Å². The SMILES string of the molecule is CC(=O)N1C[C@H]2CN(C3CCSCC3)C[C@H]2[C@H]1c1cccc(F)c1. The van der Waals surface area contributed by atoms with E-state index in [1.165, 1.54) is 30.4 Å². The van der Waals surface area contributed by atoms with E-state index >= 15 is 0 Å². The fourth-order valence-corrected chi connectivity index (χ4v) is 5.95. The normalized spacial score (nSPS) is 31.4. The average Bonchev–Trinajstić information content (AvgIpc) is 3.13. The summed E-state index contributed by atoms with van der Waals surface area (Å²) in [6.45, 7) is 4.60. The van der Waals surface area contributed by atoms with Gasteiger partial charge in [0.1, 0.15) is 5.82 Å². The van der Waals surface area contributed by atoms with E-state index in [4.69, 9.17) is 0 Å². The van der Waals surface area contributed by atoms with Crippen LogP contribution < -0.4 is 0 Å². The summed E-state index contributed by atoms with van der Waals surface area (Å²) in [5, 5.41) is 0. The van der Waals surface area contributed by atoms with Crippen LogP contribution in [0, 0.1) is 17.7 Å². The number of hydrogen-bond acceptors (Lipinski definition) is 3. The zero-order valence-electron chi connectivity index (χ0n) is 14.2. The molecule has 3 aliphatic rings. The third kappa shape index (κ3) is 2.97. The van der Waals surface area contributed by atoms with Gasteiger partial charge < -0.3 is 4.90 Å². The second kappa shape index (κ2) is 6.68. The molecule has 3 nitrogen and oxygen atoms in total. The molecular formula is C19H25FN2OS. The lowest BCUT2D eigenvalue weighted by molar-refractivity contribution is -0.130. The first-order chi connectivity index (χ1) is 11.6. The Morgan fingerprint density at radius 2 is 2.00 bits per heavy atom. The van der Waals surface area contributed by atoms with Gasteiger partial charge in [-0.15, -0.1) is 0 Å². The highest BCUT2D eigenvalue weighted by molar-refractivity contribution is 7.99. The number of halogens is 1. The molecule has 0 spiro atoms. The Morgan fingerprint density at radius 1 is 1.21 bits per heavy atom. The Hall–Kier alpha value is -1.07. The fraction of sp³-hybridized carbons (Fsp3) is 0.632. The van der Waals surface area contributed by atoms with Gasteiger partial charge in [-0.25, -0.2) is 4.39 Å². The predicted molar refractivity (Wildman–Crippen MR) is 95.4 cm³/mol. The van der Waals surface area contributed by atoms with Crippen molar-refractivity contribution in [2.24, 2.45) is 11.8 Å².